The molecule has 0 bridgehead atoms. The molecule has 0 saturated heterocycles. The quantitative estimate of drug-likeness (QED) is 0.114. The van der Waals surface area contributed by atoms with Gasteiger partial charge in [0.2, 0.25) is 29.5 Å². The summed E-state index contributed by atoms with van der Waals surface area (Å²) in [5.41, 5.74) is 15.5. The Balaban J connectivity index is 5.19. The summed E-state index contributed by atoms with van der Waals surface area (Å²) in [6.07, 6.45) is -0.976. The molecule has 0 aromatic rings. The minimum atomic E-state index is -1.67. The number of primary amides is 2. The number of amides is 5. The van der Waals surface area contributed by atoms with Crippen molar-refractivity contribution >= 4 is 35.5 Å². The normalized spacial score (nSPS) is 14.4. The van der Waals surface area contributed by atoms with E-state index in [2.05, 4.69) is 10.6 Å². The molecule has 4 unspecified atom stereocenters. The van der Waals surface area contributed by atoms with Crippen molar-refractivity contribution in [1.29, 1.82) is 0 Å². The van der Waals surface area contributed by atoms with Crippen molar-refractivity contribution in [2.45, 2.75) is 49.9 Å². The van der Waals surface area contributed by atoms with Gasteiger partial charge >= 0.3 is 5.97 Å². The molecule has 0 aliphatic rings. The second-order valence-electron chi connectivity index (χ2n) is 6.50. The van der Waals surface area contributed by atoms with Gasteiger partial charge in [-0.15, -0.1) is 0 Å². The van der Waals surface area contributed by atoms with E-state index in [-0.39, 0.29) is 25.7 Å². The molecular weight excluding hydrogens is 420 g/mol. The van der Waals surface area contributed by atoms with Gasteiger partial charge < -0.3 is 48.5 Å². The Bertz CT molecular complexity index is 686. The van der Waals surface area contributed by atoms with Crippen LogP contribution in [0.5, 0.6) is 0 Å². The number of aliphatic hydroxyl groups is 2. The topological polar surface area (TPSA) is 277 Å². The molecule has 0 aliphatic heterocycles. The van der Waals surface area contributed by atoms with Crippen LogP contribution in [0.25, 0.3) is 0 Å². The Kier molecular flexibility index (Phi) is 12.4. The van der Waals surface area contributed by atoms with Crippen LogP contribution in [-0.4, -0.2) is 88.2 Å². The van der Waals surface area contributed by atoms with Gasteiger partial charge in [-0.3, -0.25) is 24.0 Å². The van der Waals surface area contributed by atoms with Crippen molar-refractivity contribution < 1.29 is 44.1 Å². The standard InChI is InChI=1S/C16H28N6O9/c17-7(1-3-11(18)25)13(27)21-9(5-23)15(29)20-8(2-4-12(19)26)14(28)22-10(6-24)16(30)31/h7-10,23-24H,1-6,17H2,(H2,18,25)(H2,19,26)(H,20,29)(H,21,27)(H,22,28)(H,30,31). The molecule has 12 N–H and O–H groups in total. The number of hydrogen-bond acceptors (Lipinski definition) is 9. The number of aliphatic hydroxyl groups excluding tert-OH is 2. The minimum absolute atomic E-state index is 0.109. The zero-order valence-corrected chi connectivity index (χ0v) is 16.6. The Hall–Kier alpha value is -3.30. The fourth-order valence-electron chi connectivity index (χ4n) is 2.19. The molecule has 0 spiro atoms. The molecule has 5 amide bonds. The number of carbonyl (C=O) groups excluding carboxylic acids is 5. The van der Waals surface area contributed by atoms with Gasteiger partial charge in [0.05, 0.1) is 19.3 Å². The first-order valence-corrected chi connectivity index (χ1v) is 9.10. The molecule has 15 heteroatoms. The molecule has 15 nitrogen and oxygen atoms in total. The van der Waals surface area contributed by atoms with Crippen LogP contribution in [0.4, 0.5) is 0 Å². The maximum atomic E-state index is 12.4. The molecule has 176 valence electrons. The van der Waals surface area contributed by atoms with Gasteiger partial charge in [-0.25, -0.2) is 4.79 Å². The molecule has 0 aromatic carbocycles. The van der Waals surface area contributed by atoms with E-state index >= 15 is 0 Å². The molecule has 0 aliphatic carbocycles. The van der Waals surface area contributed by atoms with Crippen LogP contribution in [0.2, 0.25) is 0 Å². The maximum Gasteiger partial charge on any atom is 0.328 e. The first-order chi connectivity index (χ1) is 14.4. The van der Waals surface area contributed by atoms with Crippen molar-refractivity contribution in [3.05, 3.63) is 0 Å². The smallest absolute Gasteiger partial charge is 0.328 e. The highest BCUT2D eigenvalue weighted by atomic mass is 16.4. The van der Waals surface area contributed by atoms with E-state index in [0.717, 1.165) is 0 Å². The second-order valence-corrected chi connectivity index (χ2v) is 6.50. The number of rotatable bonds is 15. The molecule has 0 aromatic heterocycles. The van der Waals surface area contributed by atoms with Crippen LogP contribution in [0.15, 0.2) is 0 Å². The summed E-state index contributed by atoms with van der Waals surface area (Å²) in [7, 11) is 0. The van der Waals surface area contributed by atoms with Crippen LogP contribution in [0, 0.1) is 0 Å². The average Bonchev–Trinajstić information content (AvgIpc) is 2.70. The third kappa shape index (κ3) is 10.9. The summed E-state index contributed by atoms with van der Waals surface area (Å²) in [6, 6.07) is -5.90. The lowest BCUT2D eigenvalue weighted by atomic mass is 10.1. The van der Waals surface area contributed by atoms with Gasteiger partial charge in [0.25, 0.3) is 0 Å². The highest BCUT2D eigenvalue weighted by Gasteiger charge is 2.30. The molecule has 0 fully saturated rings. The number of nitrogens with two attached hydrogens (primary N) is 3. The Morgan fingerprint density at radius 1 is 0.677 bits per heavy atom. The van der Waals surface area contributed by atoms with E-state index in [4.69, 9.17) is 27.4 Å². The second kappa shape index (κ2) is 13.8. The Labute approximate surface area is 176 Å². The van der Waals surface area contributed by atoms with Gasteiger partial charge in [0.15, 0.2) is 0 Å². The predicted molar refractivity (Wildman–Crippen MR) is 102 cm³/mol. The molecule has 0 saturated carbocycles. The van der Waals surface area contributed by atoms with Gasteiger partial charge in [-0.1, -0.05) is 0 Å². The van der Waals surface area contributed by atoms with E-state index in [1.807, 2.05) is 5.32 Å². The molecular formula is C16H28N6O9. The lowest BCUT2D eigenvalue weighted by molar-refractivity contribution is -0.143. The maximum absolute atomic E-state index is 12.4. The molecule has 0 heterocycles. The van der Waals surface area contributed by atoms with Crippen LogP contribution in [0.3, 0.4) is 0 Å². The van der Waals surface area contributed by atoms with E-state index in [1.165, 1.54) is 0 Å². The number of carboxylic acid groups (broad SMARTS) is 1. The fraction of sp³-hybridized carbons (Fsp3) is 0.625. The number of aliphatic carboxylic acids is 1. The van der Waals surface area contributed by atoms with Crippen LogP contribution >= 0.6 is 0 Å². The monoisotopic (exact) mass is 448 g/mol. The van der Waals surface area contributed by atoms with Crippen molar-refractivity contribution in [3.63, 3.8) is 0 Å². The summed E-state index contributed by atoms with van der Waals surface area (Å²) in [5, 5.41) is 33.6. The lowest BCUT2D eigenvalue weighted by Crippen LogP contribution is -2.58. The van der Waals surface area contributed by atoms with Crippen molar-refractivity contribution in [1.82, 2.24) is 16.0 Å². The predicted octanol–water partition coefficient (Wildman–Crippen LogP) is -5.63. The molecule has 31 heavy (non-hydrogen) atoms. The zero-order valence-electron chi connectivity index (χ0n) is 16.6. The summed E-state index contributed by atoms with van der Waals surface area (Å²) in [5.74, 6) is -6.00. The summed E-state index contributed by atoms with van der Waals surface area (Å²) in [6.45, 7) is -1.82. The van der Waals surface area contributed by atoms with Crippen LogP contribution < -0.4 is 33.2 Å². The Morgan fingerprint density at radius 2 is 1.10 bits per heavy atom. The van der Waals surface area contributed by atoms with Crippen molar-refractivity contribution in [2.75, 3.05) is 13.2 Å². The van der Waals surface area contributed by atoms with E-state index in [0.29, 0.717) is 0 Å². The summed E-state index contributed by atoms with van der Waals surface area (Å²) < 4.78 is 0. The third-order valence-corrected chi connectivity index (χ3v) is 3.96. The van der Waals surface area contributed by atoms with Crippen LogP contribution in [-0.2, 0) is 28.8 Å². The van der Waals surface area contributed by atoms with Crippen molar-refractivity contribution in [2.24, 2.45) is 17.2 Å². The van der Waals surface area contributed by atoms with Gasteiger partial charge in [0, 0.05) is 12.8 Å². The molecule has 4 atom stereocenters. The number of carboxylic acids is 1. The van der Waals surface area contributed by atoms with Crippen molar-refractivity contribution in [3.8, 4) is 0 Å². The largest absolute Gasteiger partial charge is 0.480 e. The lowest BCUT2D eigenvalue weighted by Gasteiger charge is -2.23. The van der Waals surface area contributed by atoms with Gasteiger partial charge in [-0.05, 0) is 12.8 Å². The zero-order chi connectivity index (χ0) is 24.1. The first-order valence-electron chi connectivity index (χ1n) is 9.10. The molecule has 0 rings (SSSR count). The third-order valence-electron chi connectivity index (χ3n) is 3.96. The SMILES string of the molecule is NC(=O)CCC(N)C(=O)NC(CO)C(=O)NC(CCC(N)=O)C(=O)NC(CO)C(=O)O. The summed E-state index contributed by atoms with van der Waals surface area (Å²) >= 11 is 0. The molecule has 0 radical (unpaired) electrons. The minimum Gasteiger partial charge on any atom is -0.480 e. The van der Waals surface area contributed by atoms with Crippen LogP contribution in [0.1, 0.15) is 25.7 Å². The van der Waals surface area contributed by atoms with E-state index < -0.39 is 72.9 Å². The highest BCUT2D eigenvalue weighted by Crippen LogP contribution is 2.01. The van der Waals surface area contributed by atoms with Gasteiger partial charge in [0.1, 0.15) is 18.1 Å². The fourth-order valence-corrected chi connectivity index (χ4v) is 2.19. The van der Waals surface area contributed by atoms with E-state index in [1.54, 1.807) is 0 Å². The van der Waals surface area contributed by atoms with Gasteiger partial charge in [-0.2, -0.15) is 0 Å². The first kappa shape index (κ1) is 27.7. The number of carbonyl (C=O) groups is 6. The number of hydrogen-bond donors (Lipinski definition) is 9. The Morgan fingerprint density at radius 3 is 1.55 bits per heavy atom. The van der Waals surface area contributed by atoms with E-state index in [9.17, 15) is 33.9 Å². The summed E-state index contributed by atoms with van der Waals surface area (Å²) in [4.78, 5) is 69.4. The highest BCUT2D eigenvalue weighted by molar-refractivity contribution is 5.94. The average molecular weight is 448 g/mol. The number of nitrogens with one attached hydrogen (secondary N) is 3.